The van der Waals surface area contributed by atoms with E-state index in [0.717, 1.165) is 28.3 Å². The Labute approximate surface area is 111 Å². The molecule has 1 aromatic carbocycles. The molecule has 5 heteroatoms. The van der Waals surface area contributed by atoms with Gasteiger partial charge in [-0.3, -0.25) is 0 Å². The predicted molar refractivity (Wildman–Crippen MR) is 74.6 cm³/mol. The normalized spacial score (nSPS) is 19.4. The highest BCUT2D eigenvalue weighted by molar-refractivity contribution is 8.16. The summed E-state index contributed by atoms with van der Waals surface area (Å²) in [5.41, 5.74) is 1.14. The van der Waals surface area contributed by atoms with Crippen molar-refractivity contribution < 1.29 is 4.74 Å². The highest BCUT2D eigenvalue weighted by atomic mass is 32.2. The molecule has 1 aromatic rings. The number of rotatable bonds is 2. The van der Waals surface area contributed by atoms with Gasteiger partial charge in [-0.1, -0.05) is 16.9 Å². The summed E-state index contributed by atoms with van der Waals surface area (Å²) in [7, 11) is 1.67. The molecule has 17 heavy (non-hydrogen) atoms. The lowest BCUT2D eigenvalue weighted by atomic mass is 10.1. The summed E-state index contributed by atoms with van der Waals surface area (Å²) >= 11 is 2.55. The van der Waals surface area contributed by atoms with Crippen LogP contribution in [-0.4, -0.2) is 17.4 Å². The van der Waals surface area contributed by atoms with E-state index >= 15 is 0 Å². The Hall–Kier alpha value is -0.520. The average molecular weight is 268 g/mol. The molecule has 0 fully saturated rings. The fourth-order valence-corrected chi connectivity index (χ4v) is 4.17. The van der Waals surface area contributed by atoms with Gasteiger partial charge in [0.2, 0.25) is 0 Å². The maximum absolute atomic E-state index is 9.42. The topological polar surface area (TPSA) is 34.8 Å². The average Bonchev–Trinajstić information content (AvgIpc) is 2.65. The summed E-state index contributed by atoms with van der Waals surface area (Å²) in [5, 5.41) is 9.42. The monoisotopic (exact) mass is 268 g/mol. The number of benzene rings is 1. The molecule has 1 heterocycles. The van der Waals surface area contributed by atoms with Crippen LogP contribution in [0, 0.1) is 0 Å². The quantitative estimate of drug-likeness (QED) is 0.770. The molecule has 1 aliphatic heterocycles. The van der Waals surface area contributed by atoms with E-state index in [-0.39, 0.29) is 10.2 Å². The van der Waals surface area contributed by atoms with Crippen molar-refractivity contribution in [3.63, 3.8) is 0 Å². The van der Waals surface area contributed by atoms with E-state index in [0.29, 0.717) is 0 Å². The van der Waals surface area contributed by atoms with E-state index in [2.05, 4.69) is 31.7 Å². The van der Waals surface area contributed by atoms with Crippen LogP contribution in [0.3, 0.4) is 0 Å². The largest absolute Gasteiger partial charge is 0.497 e. The first-order chi connectivity index (χ1) is 7.97. The summed E-state index contributed by atoms with van der Waals surface area (Å²) in [6.45, 7) is 6.45. The van der Waals surface area contributed by atoms with E-state index in [4.69, 9.17) is 4.74 Å². The highest BCUT2D eigenvalue weighted by Crippen LogP contribution is 2.50. The lowest BCUT2D eigenvalue weighted by Crippen LogP contribution is -2.43. The van der Waals surface area contributed by atoms with Crippen LogP contribution < -0.4 is 14.8 Å². The second kappa shape index (κ2) is 4.63. The maximum Gasteiger partial charge on any atom is 0.144 e. The molecule has 1 aliphatic rings. The van der Waals surface area contributed by atoms with Crippen molar-refractivity contribution >= 4 is 29.4 Å². The fourth-order valence-electron chi connectivity index (χ4n) is 1.94. The van der Waals surface area contributed by atoms with Crippen molar-refractivity contribution in [2.45, 2.75) is 35.9 Å². The van der Waals surface area contributed by atoms with Crippen LogP contribution in [-0.2, 0) is 0 Å². The Balaban J connectivity index is 2.42. The number of fused-ring (bicyclic) bond motifs is 1. The Morgan fingerprint density at radius 2 is 2.12 bits per heavy atom. The van der Waals surface area contributed by atoms with Crippen molar-refractivity contribution in [1.29, 1.82) is 0 Å². The Bertz CT molecular complexity index is 417. The zero-order chi connectivity index (χ0) is 12.6. The molecule has 1 atom stereocenters. The number of hydrogen-bond donors (Lipinski definition) is 0. The van der Waals surface area contributed by atoms with E-state index < -0.39 is 0 Å². The van der Waals surface area contributed by atoms with Gasteiger partial charge in [-0.05, 0) is 50.9 Å². The third kappa shape index (κ3) is 2.37. The van der Waals surface area contributed by atoms with E-state index in [1.165, 1.54) is 0 Å². The molecule has 2 rings (SSSR count). The SMILES string of the molecule is COc1ccc2c(c1)SC(S[N])N2C(C)(C)C. The van der Waals surface area contributed by atoms with Crippen LogP contribution in [0.1, 0.15) is 20.8 Å². The molecule has 0 saturated heterocycles. The Morgan fingerprint density at radius 1 is 1.41 bits per heavy atom. The summed E-state index contributed by atoms with van der Waals surface area (Å²) in [6.07, 6.45) is 0. The molecule has 2 radical (unpaired) electrons. The van der Waals surface area contributed by atoms with Gasteiger partial charge in [0.05, 0.1) is 12.8 Å². The number of hydrogen-bond acceptors (Lipinski definition) is 4. The molecule has 0 N–H and O–H groups in total. The highest BCUT2D eigenvalue weighted by Gasteiger charge is 2.37. The number of anilines is 1. The molecule has 92 valence electrons. The molecular weight excluding hydrogens is 252 g/mol. The zero-order valence-electron chi connectivity index (χ0n) is 10.4. The van der Waals surface area contributed by atoms with Gasteiger partial charge < -0.3 is 9.64 Å². The Kier molecular flexibility index (Phi) is 3.52. The predicted octanol–water partition coefficient (Wildman–Crippen LogP) is 3.41. The van der Waals surface area contributed by atoms with Crippen LogP contribution in [0.25, 0.3) is 0 Å². The minimum atomic E-state index is -0.0206. The number of thioether (sulfide) groups is 1. The smallest absolute Gasteiger partial charge is 0.144 e. The van der Waals surface area contributed by atoms with Crippen molar-refractivity contribution in [2.75, 3.05) is 12.0 Å². The van der Waals surface area contributed by atoms with Crippen molar-refractivity contribution in [3.05, 3.63) is 18.2 Å². The van der Waals surface area contributed by atoms with E-state index in [1.807, 2.05) is 12.1 Å². The standard InChI is InChI=1S/C12H16N2OS2/c1-12(2,3)14-9-6-5-8(15-4)7-10(9)16-11(14)17-13/h5-7,11H,1-4H3. The first-order valence-corrected chi connectivity index (χ1v) is 7.13. The third-order valence-corrected chi connectivity index (χ3v) is 4.61. The van der Waals surface area contributed by atoms with Gasteiger partial charge in [0, 0.05) is 10.4 Å². The van der Waals surface area contributed by atoms with Crippen LogP contribution in [0.2, 0.25) is 0 Å². The molecule has 0 saturated carbocycles. The van der Waals surface area contributed by atoms with Gasteiger partial charge in [-0.15, -0.1) is 0 Å². The van der Waals surface area contributed by atoms with Crippen molar-refractivity contribution in [2.24, 2.45) is 0 Å². The summed E-state index contributed by atoms with van der Waals surface area (Å²) < 4.78 is 5.24. The number of methoxy groups -OCH3 is 1. The van der Waals surface area contributed by atoms with Gasteiger partial charge in [0.1, 0.15) is 10.5 Å². The molecule has 0 spiro atoms. The van der Waals surface area contributed by atoms with E-state index in [1.54, 1.807) is 18.9 Å². The fraction of sp³-hybridized carbons (Fsp3) is 0.500. The van der Waals surface area contributed by atoms with Crippen LogP contribution in [0.4, 0.5) is 5.69 Å². The zero-order valence-corrected chi connectivity index (χ0v) is 12.1. The summed E-state index contributed by atoms with van der Waals surface area (Å²) in [5.74, 6) is 0.855. The second-order valence-electron chi connectivity index (χ2n) is 4.90. The van der Waals surface area contributed by atoms with Crippen molar-refractivity contribution in [3.8, 4) is 5.75 Å². The molecule has 3 nitrogen and oxygen atoms in total. The molecule has 0 aromatic heterocycles. The van der Waals surface area contributed by atoms with Gasteiger partial charge in [0.15, 0.2) is 0 Å². The first-order valence-electron chi connectivity index (χ1n) is 5.41. The second-order valence-corrected chi connectivity index (χ2v) is 6.98. The molecule has 0 aliphatic carbocycles. The molecule has 1 unspecified atom stereocenters. The minimum absolute atomic E-state index is 0.0112. The minimum Gasteiger partial charge on any atom is -0.497 e. The van der Waals surface area contributed by atoms with Gasteiger partial charge in [-0.25, -0.2) is 0 Å². The summed E-state index contributed by atoms with van der Waals surface area (Å²) in [6, 6.07) is 6.04. The molecule has 0 amide bonds. The number of nitrogens with zero attached hydrogens (tertiary/aromatic N) is 2. The molecular formula is C12H16N2OS2. The van der Waals surface area contributed by atoms with Gasteiger partial charge in [-0.2, -0.15) is 0 Å². The summed E-state index contributed by atoms with van der Waals surface area (Å²) in [4.78, 5) is 3.39. The van der Waals surface area contributed by atoms with Gasteiger partial charge in [0.25, 0.3) is 0 Å². The van der Waals surface area contributed by atoms with E-state index in [9.17, 15) is 5.14 Å². The van der Waals surface area contributed by atoms with Crippen LogP contribution >= 0.6 is 23.7 Å². The maximum atomic E-state index is 9.42. The Morgan fingerprint density at radius 3 is 2.65 bits per heavy atom. The van der Waals surface area contributed by atoms with Crippen LogP contribution in [0.5, 0.6) is 5.75 Å². The lowest BCUT2D eigenvalue weighted by molar-refractivity contribution is 0.413. The molecule has 0 bridgehead atoms. The number of ether oxygens (including phenoxy) is 1. The first kappa shape index (κ1) is 12.9. The van der Waals surface area contributed by atoms with Crippen LogP contribution in [0.15, 0.2) is 23.1 Å². The third-order valence-electron chi connectivity index (χ3n) is 2.68. The lowest BCUT2D eigenvalue weighted by Gasteiger charge is -2.37. The van der Waals surface area contributed by atoms with Gasteiger partial charge >= 0.3 is 0 Å². The van der Waals surface area contributed by atoms with Crippen molar-refractivity contribution in [1.82, 2.24) is 5.14 Å².